The molecule has 4 rings (SSSR count). The van der Waals surface area contributed by atoms with E-state index in [4.69, 9.17) is 9.47 Å². The van der Waals surface area contributed by atoms with Gasteiger partial charge in [-0.1, -0.05) is 17.0 Å². The topological polar surface area (TPSA) is 113 Å². The Bertz CT molecular complexity index is 1370. The van der Waals surface area contributed by atoms with Gasteiger partial charge in [-0.05, 0) is 42.5 Å². The zero-order valence-electron chi connectivity index (χ0n) is 19.4. The van der Waals surface area contributed by atoms with Crippen molar-refractivity contribution in [3.05, 3.63) is 72.3 Å². The molecular weight excluding hydrogens is 513 g/mol. The van der Waals surface area contributed by atoms with Crippen LogP contribution >= 0.6 is 11.8 Å². The molecular formula is C23H19F3N6O4S. The number of nitrogens with zero attached hydrogens (tertiary/aromatic N) is 5. The molecule has 0 bridgehead atoms. The predicted molar refractivity (Wildman–Crippen MR) is 127 cm³/mol. The van der Waals surface area contributed by atoms with Crippen molar-refractivity contribution in [1.29, 1.82) is 0 Å². The van der Waals surface area contributed by atoms with Gasteiger partial charge in [-0.2, -0.15) is 0 Å². The summed E-state index contributed by atoms with van der Waals surface area (Å²) in [6.07, 6.45) is -1.66. The van der Waals surface area contributed by atoms with E-state index < -0.39 is 18.0 Å². The van der Waals surface area contributed by atoms with Gasteiger partial charge in [0.05, 0.1) is 25.6 Å². The first-order chi connectivity index (χ1) is 17.8. The molecule has 0 aliphatic carbocycles. The minimum atomic E-state index is -4.82. The summed E-state index contributed by atoms with van der Waals surface area (Å²) in [5.74, 6) is 0.148. The average Bonchev–Trinajstić information content (AvgIpc) is 3.31. The summed E-state index contributed by atoms with van der Waals surface area (Å²) in [5, 5.41) is 11.3. The van der Waals surface area contributed by atoms with Gasteiger partial charge in [0.25, 0.3) is 5.91 Å². The number of hydrogen-bond acceptors (Lipinski definition) is 9. The maximum Gasteiger partial charge on any atom is 0.573 e. The summed E-state index contributed by atoms with van der Waals surface area (Å²) < 4.78 is 53.3. The largest absolute Gasteiger partial charge is 0.573 e. The summed E-state index contributed by atoms with van der Waals surface area (Å²) >= 11 is 1.23. The number of aromatic nitrogens is 5. The van der Waals surface area contributed by atoms with Gasteiger partial charge in [0.15, 0.2) is 22.3 Å². The number of rotatable bonds is 9. The molecule has 2 aromatic carbocycles. The Morgan fingerprint density at radius 3 is 2.38 bits per heavy atom. The normalized spacial score (nSPS) is 11.2. The third-order valence-electron chi connectivity index (χ3n) is 4.81. The first-order valence-corrected chi connectivity index (χ1v) is 11.5. The Labute approximate surface area is 212 Å². The number of benzene rings is 2. The van der Waals surface area contributed by atoms with Gasteiger partial charge in [0.1, 0.15) is 5.75 Å². The first-order valence-electron chi connectivity index (χ1n) is 10.5. The molecule has 1 N–H and O–H groups in total. The minimum absolute atomic E-state index is 0.00818. The maximum atomic E-state index is 13.2. The number of hydrogen-bond donors (Lipinski definition) is 1. The number of halogens is 3. The summed E-state index contributed by atoms with van der Waals surface area (Å²) in [5.41, 5.74) is 1.18. The van der Waals surface area contributed by atoms with Crippen molar-refractivity contribution in [2.75, 3.05) is 19.5 Å². The molecule has 0 aliphatic heterocycles. The van der Waals surface area contributed by atoms with E-state index in [2.05, 4.69) is 30.3 Å². The number of nitrogens with one attached hydrogen (secondary N) is 1. The van der Waals surface area contributed by atoms with Crippen molar-refractivity contribution in [3.8, 4) is 22.9 Å². The molecule has 1 amide bonds. The second kappa shape index (κ2) is 11.2. The van der Waals surface area contributed by atoms with Crippen LogP contribution in [0.3, 0.4) is 0 Å². The number of carbonyl (C=O) groups is 1. The monoisotopic (exact) mass is 532 g/mol. The highest BCUT2D eigenvalue weighted by molar-refractivity contribution is 7.98. The molecule has 0 saturated carbocycles. The number of alkyl halides is 3. The fourth-order valence-electron chi connectivity index (χ4n) is 3.20. The molecule has 0 unspecified atom stereocenters. The maximum absolute atomic E-state index is 13.2. The molecule has 10 nitrogen and oxygen atoms in total. The zero-order valence-corrected chi connectivity index (χ0v) is 20.2. The first kappa shape index (κ1) is 25.8. The number of methoxy groups -OCH3 is 2. The molecule has 2 aromatic heterocycles. The Kier molecular flexibility index (Phi) is 7.77. The summed E-state index contributed by atoms with van der Waals surface area (Å²) in [6, 6.07) is 11.6. The van der Waals surface area contributed by atoms with E-state index in [1.54, 1.807) is 36.7 Å². The third kappa shape index (κ3) is 6.46. The summed E-state index contributed by atoms with van der Waals surface area (Å²) in [7, 11) is 2.97. The summed E-state index contributed by atoms with van der Waals surface area (Å²) in [4.78, 5) is 21.5. The van der Waals surface area contributed by atoms with Crippen LogP contribution in [-0.4, -0.2) is 51.5 Å². The SMILES string of the molecule is COc1ccc(NC(=O)c2nnn(-c3ccc(OC(F)(F)F)cc3)c2CSc2ncccn2)cc1OC. The number of ether oxygens (including phenoxy) is 3. The average molecular weight is 533 g/mol. The third-order valence-corrected chi connectivity index (χ3v) is 5.70. The Morgan fingerprint density at radius 1 is 1.03 bits per heavy atom. The van der Waals surface area contributed by atoms with E-state index >= 15 is 0 Å². The lowest BCUT2D eigenvalue weighted by Gasteiger charge is -2.12. The van der Waals surface area contributed by atoms with Crippen molar-refractivity contribution >= 4 is 23.4 Å². The number of carbonyl (C=O) groups excluding carboxylic acids is 1. The van der Waals surface area contributed by atoms with Gasteiger partial charge in [-0.15, -0.1) is 18.3 Å². The molecule has 0 saturated heterocycles. The molecule has 4 aromatic rings. The highest BCUT2D eigenvalue weighted by Gasteiger charge is 2.31. The van der Waals surface area contributed by atoms with E-state index in [-0.39, 0.29) is 11.4 Å². The van der Waals surface area contributed by atoms with Crippen LogP contribution in [0.25, 0.3) is 5.69 Å². The van der Waals surface area contributed by atoms with Crippen molar-refractivity contribution in [3.63, 3.8) is 0 Å². The predicted octanol–water partition coefficient (Wildman–Crippen LogP) is 4.52. The lowest BCUT2D eigenvalue weighted by molar-refractivity contribution is -0.274. The van der Waals surface area contributed by atoms with Crippen LogP contribution in [-0.2, 0) is 5.75 Å². The Hall–Kier alpha value is -4.33. The fourth-order valence-corrected chi connectivity index (χ4v) is 4.00. The molecule has 0 fully saturated rings. The van der Waals surface area contributed by atoms with Gasteiger partial charge >= 0.3 is 6.36 Å². The molecule has 192 valence electrons. The lowest BCUT2D eigenvalue weighted by Crippen LogP contribution is -2.17. The highest BCUT2D eigenvalue weighted by atomic mass is 32.2. The number of thioether (sulfide) groups is 1. The van der Waals surface area contributed by atoms with Crippen molar-refractivity contribution in [2.45, 2.75) is 17.3 Å². The van der Waals surface area contributed by atoms with Crippen LogP contribution in [0.15, 0.2) is 66.1 Å². The molecule has 37 heavy (non-hydrogen) atoms. The number of anilines is 1. The van der Waals surface area contributed by atoms with E-state index in [1.165, 1.54) is 42.8 Å². The van der Waals surface area contributed by atoms with Crippen molar-refractivity contribution in [1.82, 2.24) is 25.0 Å². The van der Waals surface area contributed by atoms with Gasteiger partial charge in [-0.25, -0.2) is 14.6 Å². The Morgan fingerprint density at radius 2 is 1.73 bits per heavy atom. The zero-order chi connectivity index (χ0) is 26.4. The second-order valence-electron chi connectivity index (χ2n) is 7.18. The molecule has 0 atom stereocenters. The Balaban J connectivity index is 1.64. The quantitative estimate of drug-likeness (QED) is 0.246. The van der Waals surface area contributed by atoms with Crippen molar-refractivity contribution in [2.24, 2.45) is 0 Å². The van der Waals surface area contributed by atoms with Crippen LogP contribution in [0.5, 0.6) is 17.2 Å². The van der Waals surface area contributed by atoms with Gasteiger partial charge < -0.3 is 19.5 Å². The molecule has 0 spiro atoms. The van der Waals surface area contributed by atoms with Crippen LogP contribution in [0.4, 0.5) is 18.9 Å². The van der Waals surface area contributed by atoms with Crippen LogP contribution < -0.4 is 19.5 Å². The molecule has 14 heteroatoms. The van der Waals surface area contributed by atoms with E-state index in [9.17, 15) is 18.0 Å². The minimum Gasteiger partial charge on any atom is -0.493 e. The van der Waals surface area contributed by atoms with E-state index in [0.717, 1.165) is 12.1 Å². The van der Waals surface area contributed by atoms with Gasteiger partial charge in [0, 0.05) is 29.9 Å². The molecule has 0 radical (unpaired) electrons. The van der Waals surface area contributed by atoms with Gasteiger partial charge in [0.2, 0.25) is 0 Å². The smallest absolute Gasteiger partial charge is 0.493 e. The van der Waals surface area contributed by atoms with E-state index in [0.29, 0.717) is 33.7 Å². The highest BCUT2D eigenvalue weighted by Crippen LogP contribution is 2.31. The lowest BCUT2D eigenvalue weighted by atomic mass is 10.2. The standard InChI is InChI=1S/C23H19F3N6O4S/c1-34-18-9-4-14(12-19(18)35-2)29-21(33)20-17(13-37-22-27-10-3-11-28-22)32(31-30-20)15-5-7-16(8-6-15)36-23(24,25)26/h3-12H,13H2,1-2H3,(H,29,33). The molecule has 2 heterocycles. The van der Waals surface area contributed by atoms with Crippen molar-refractivity contribution < 1.29 is 32.2 Å². The second-order valence-corrected chi connectivity index (χ2v) is 8.12. The van der Waals surface area contributed by atoms with Crippen LogP contribution in [0, 0.1) is 0 Å². The van der Waals surface area contributed by atoms with Crippen LogP contribution in [0.2, 0.25) is 0 Å². The number of amides is 1. The fraction of sp³-hybridized carbons (Fsp3) is 0.174. The molecule has 0 aliphatic rings. The van der Waals surface area contributed by atoms with Gasteiger partial charge in [-0.3, -0.25) is 4.79 Å². The van der Waals surface area contributed by atoms with E-state index in [1.807, 2.05) is 0 Å². The summed E-state index contributed by atoms with van der Waals surface area (Å²) in [6.45, 7) is 0. The van der Waals surface area contributed by atoms with Crippen LogP contribution in [0.1, 0.15) is 16.2 Å².